The largest absolute Gasteiger partial charge is 0.493 e. The van der Waals surface area contributed by atoms with Crippen LogP contribution in [0, 0.1) is 6.92 Å². The Morgan fingerprint density at radius 3 is 2.67 bits per heavy atom. The van der Waals surface area contributed by atoms with Crippen LogP contribution in [0.1, 0.15) is 36.8 Å². The molecular formula is C16H17N5O3. The van der Waals surface area contributed by atoms with Crippen LogP contribution in [0.5, 0.6) is 5.88 Å². The van der Waals surface area contributed by atoms with Gasteiger partial charge in [-0.2, -0.15) is 4.98 Å². The standard InChI is InChI=1S/C16H17N5O3/c1-9-5-7-17-13(22)11(9)12-19-15-18-10(6-8-21(15)20-12)14(23)24-16(2,3)4/h5-8H,1-4H3,(H,17,22). The monoisotopic (exact) mass is 327 g/mol. The second kappa shape index (κ2) is 5.55. The molecule has 3 aromatic rings. The van der Waals surface area contributed by atoms with Crippen molar-refractivity contribution in [3.63, 3.8) is 0 Å². The predicted octanol–water partition coefficient (Wildman–Crippen LogP) is 2.16. The van der Waals surface area contributed by atoms with E-state index in [1.165, 1.54) is 16.8 Å². The lowest BCUT2D eigenvalue weighted by atomic mass is 10.1. The SMILES string of the molecule is Cc1ccnc(O)c1-c1nc2nc(C(=O)OC(C)(C)C)ccn2n1. The molecule has 124 valence electrons. The van der Waals surface area contributed by atoms with E-state index in [2.05, 4.69) is 20.1 Å². The van der Waals surface area contributed by atoms with E-state index in [9.17, 15) is 9.90 Å². The molecule has 0 spiro atoms. The van der Waals surface area contributed by atoms with Gasteiger partial charge in [-0.05, 0) is 45.4 Å². The lowest BCUT2D eigenvalue weighted by Gasteiger charge is -2.18. The van der Waals surface area contributed by atoms with Crippen molar-refractivity contribution >= 4 is 11.7 Å². The van der Waals surface area contributed by atoms with Crippen molar-refractivity contribution in [1.82, 2.24) is 24.6 Å². The second-order valence-electron chi connectivity index (χ2n) is 6.32. The van der Waals surface area contributed by atoms with Crippen LogP contribution in [-0.2, 0) is 4.74 Å². The van der Waals surface area contributed by atoms with E-state index in [1.54, 1.807) is 33.0 Å². The Morgan fingerprint density at radius 2 is 2.00 bits per heavy atom. The number of rotatable bonds is 2. The zero-order valence-electron chi connectivity index (χ0n) is 13.8. The molecule has 0 saturated carbocycles. The van der Waals surface area contributed by atoms with Crippen LogP contribution in [0.2, 0.25) is 0 Å². The van der Waals surface area contributed by atoms with Crippen LogP contribution >= 0.6 is 0 Å². The fourth-order valence-corrected chi connectivity index (χ4v) is 2.15. The van der Waals surface area contributed by atoms with Crippen LogP contribution in [-0.4, -0.2) is 41.2 Å². The molecule has 8 heteroatoms. The summed E-state index contributed by atoms with van der Waals surface area (Å²) in [7, 11) is 0. The van der Waals surface area contributed by atoms with Crippen molar-refractivity contribution < 1.29 is 14.6 Å². The minimum atomic E-state index is -0.609. The summed E-state index contributed by atoms with van der Waals surface area (Å²) in [5.41, 5.74) is 0.749. The third-order valence-corrected chi connectivity index (χ3v) is 3.18. The number of esters is 1. The molecular weight excluding hydrogens is 310 g/mol. The van der Waals surface area contributed by atoms with Gasteiger partial charge >= 0.3 is 5.97 Å². The second-order valence-corrected chi connectivity index (χ2v) is 6.32. The first-order chi connectivity index (χ1) is 11.2. The van der Waals surface area contributed by atoms with Crippen molar-refractivity contribution in [2.24, 2.45) is 0 Å². The quantitative estimate of drug-likeness (QED) is 0.719. The van der Waals surface area contributed by atoms with E-state index in [4.69, 9.17) is 4.74 Å². The van der Waals surface area contributed by atoms with Crippen LogP contribution in [0.4, 0.5) is 0 Å². The third-order valence-electron chi connectivity index (χ3n) is 3.18. The van der Waals surface area contributed by atoms with E-state index < -0.39 is 11.6 Å². The highest BCUT2D eigenvalue weighted by atomic mass is 16.6. The van der Waals surface area contributed by atoms with Gasteiger partial charge < -0.3 is 9.84 Å². The molecule has 0 amide bonds. The van der Waals surface area contributed by atoms with Gasteiger partial charge in [0.15, 0.2) is 11.5 Å². The first kappa shape index (κ1) is 15.9. The molecule has 3 heterocycles. The number of aromatic nitrogens is 5. The Hall–Kier alpha value is -3.03. The summed E-state index contributed by atoms with van der Waals surface area (Å²) in [6, 6.07) is 3.26. The molecule has 0 aliphatic rings. The predicted molar refractivity (Wildman–Crippen MR) is 85.6 cm³/mol. The normalized spacial score (nSPS) is 11.7. The smallest absolute Gasteiger partial charge is 0.357 e. The number of ether oxygens (including phenoxy) is 1. The molecule has 0 aliphatic carbocycles. The molecule has 0 saturated heterocycles. The third kappa shape index (κ3) is 3.03. The Balaban J connectivity index is 2.02. The fraction of sp³-hybridized carbons (Fsp3) is 0.312. The molecule has 0 bridgehead atoms. The summed E-state index contributed by atoms with van der Waals surface area (Å²) in [6.45, 7) is 7.17. The number of carbonyl (C=O) groups excluding carboxylic acids is 1. The number of fused-ring (bicyclic) bond motifs is 1. The molecule has 0 unspecified atom stereocenters. The highest BCUT2D eigenvalue weighted by Gasteiger charge is 2.20. The summed E-state index contributed by atoms with van der Waals surface area (Å²) in [5, 5.41) is 14.2. The van der Waals surface area contributed by atoms with Crippen LogP contribution < -0.4 is 0 Å². The minimum absolute atomic E-state index is 0.142. The first-order valence-corrected chi connectivity index (χ1v) is 7.36. The molecule has 8 nitrogen and oxygen atoms in total. The molecule has 1 N–H and O–H groups in total. The average Bonchev–Trinajstić information content (AvgIpc) is 2.87. The zero-order chi connectivity index (χ0) is 17.5. The van der Waals surface area contributed by atoms with Crippen LogP contribution in [0.15, 0.2) is 24.5 Å². The number of carbonyl (C=O) groups is 1. The van der Waals surface area contributed by atoms with Crippen molar-refractivity contribution in [3.8, 4) is 17.3 Å². The number of aryl methyl sites for hydroxylation is 1. The first-order valence-electron chi connectivity index (χ1n) is 7.36. The average molecular weight is 327 g/mol. The van der Waals surface area contributed by atoms with Crippen LogP contribution in [0.3, 0.4) is 0 Å². The molecule has 0 aromatic carbocycles. The summed E-state index contributed by atoms with van der Waals surface area (Å²) in [6.07, 6.45) is 3.07. The Morgan fingerprint density at radius 1 is 1.25 bits per heavy atom. The lowest BCUT2D eigenvalue weighted by molar-refractivity contribution is 0.00629. The van der Waals surface area contributed by atoms with Crippen molar-refractivity contribution in [2.75, 3.05) is 0 Å². The van der Waals surface area contributed by atoms with Gasteiger partial charge in [-0.25, -0.2) is 19.3 Å². The van der Waals surface area contributed by atoms with Gasteiger partial charge in [-0.1, -0.05) is 0 Å². The lowest BCUT2D eigenvalue weighted by Crippen LogP contribution is -2.24. The van der Waals surface area contributed by atoms with Crippen molar-refractivity contribution in [2.45, 2.75) is 33.3 Å². The molecule has 0 fully saturated rings. The topological polar surface area (TPSA) is 102 Å². The molecule has 0 atom stereocenters. The molecule has 0 aliphatic heterocycles. The number of pyridine rings is 1. The number of nitrogens with zero attached hydrogens (tertiary/aromatic N) is 5. The van der Waals surface area contributed by atoms with Gasteiger partial charge in [0, 0.05) is 12.4 Å². The van der Waals surface area contributed by atoms with Crippen molar-refractivity contribution in [1.29, 1.82) is 0 Å². The number of hydrogen-bond donors (Lipinski definition) is 1. The van der Waals surface area contributed by atoms with E-state index >= 15 is 0 Å². The summed E-state index contributed by atoms with van der Waals surface area (Å²) < 4.78 is 6.72. The van der Waals surface area contributed by atoms with E-state index in [0.717, 1.165) is 5.56 Å². The van der Waals surface area contributed by atoms with Gasteiger partial charge in [0.05, 0.1) is 5.56 Å². The highest BCUT2D eigenvalue weighted by molar-refractivity contribution is 5.87. The molecule has 3 rings (SSSR count). The van der Waals surface area contributed by atoms with Gasteiger partial charge in [0.25, 0.3) is 5.78 Å². The fourth-order valence-electron chi connectivity index (χ4n) is 2.15. The maximum absolute atomic E-state index is 12.1. The van der Waals surface area contributed by atoms with E-state index in [-0.39, 0.29) is 23.2 Å². The Kier molecular flexibility index (Phi) is 3.67. The summed E-state index contributed by atoms with van der Waals surface area (Å²) >= 11 is 0. The zero-order valence-corrected chi connectivity index (χ0v) is 13.8. The number of hydrogen-bond acceptors (Lipinski definition) is 7. The maximum Gasteiger partial charge on any atom is 0.357 e. The van der Waals surface area contributed by atoms with E-state index in [0.29, 0.717) is 5.56 Å². The van der Waals surface area contributed by atoms with Gasteiger partial charge in [0.2, 0.25) is 5.88 Å². The Bertz CT molecular complexity index is 907. The Labute approximate surface area is 138 Å². The molecule has 0 radical (unpaired) electrons. The molecule has 3 aromatic heterocycles. The van der Waals surface area contributed by atoms with Gasteiger partial charge in [-0.3, -0.25) is 0 Å². The summed E-state index contributed by atoms with van der Waals surface area (Å²) in [5.74, 6) is -0.170. The minimum Gasteiger partial charge on any atom is -0.493 e. The highest BCUT2D eigenvalue weighted by Crippen LogP contribution is 2.27. The van der Waals surface area contributed by atoms with E-state index in [1.807, 2.05) is 6.92 Å². The number of aromatic hydroxyl groups is 1. The maximum atomic E-state index is 12.1. The van der Waals surface area contributed by atoms with Crippen molar-refractivity contribution in [3.05, 3.63) is 35.8 Å². The molecule has 24 heavy (non-hydrogen) atoms. The summed E-state index contributed by atoms with van der Waals surface area (Å²) in [4.78, 5) is 24.4. The van der Waals surface area contributed by atoms with Crippen LogP contribution in [0.25, 0.3) is 17.2 Å². The van der Waals surface area contributed by atoms with Gasteiger partial charge in [0.1, 0.15) is 5.60 Å². The van der Waals surface area contributed by atoms with Gasteiger partial charge in [-0.15, -0.1) is 5.10 Å².